The molecule has 1 aliphatic heterocycles. The summed E-state index contributed by atoms with van der Waals surface area (Å²) in [5.41, 5.74) is 0.913. The van der Waals surface area contributed by atoms with Crippen LogP contribution < -0.4 is 5.32 Å². The standard InChI is InChI=1S/C15H21N3O2.ClH/c1-17(2)15(20)13-9-6-10-18(13)14(19)11-16-12-7-4-3-5-8-12;/h3-5,7-8,13,16H,6,9-11H2,1-2H3;1H. The lowest BCUT2D eigenvalue weighted by atomic mass is 10.2. The van der Waals surface area contributed by atoms with E-state index in [1.54, 1.807) is 23.9 Å². The Labute approximate surface area is 131 Å². The molecule has 1 saturated heterocycles. The van der Waals surface area contributed by atoms with Crippen LogP contribution in [0.15, 0.2) is 30.3 Å². The number of rotatable bonds is 4. The monoisotopic (exact) mass is 311 g/mol. The lowest BCUT2D eigenvalue weighted by Gasteiger charge is -2.26. The van der Waals surface area contributed by atoms with Crippen LogP contribution in [0.1, 0.15) is 12.8 Å². The topological polar surface area (TPSA) is 52.7 Å². The number of likely N-dealkylation sites (N-methyl/N-ethyl adjacent to an activating group) is 1. The summed E-state index contributed by atoms with van der Waals surface area (Å²) in [5, 5.41) is 3.09. The third kappa shape index (κ3) is 4.36. The number of nitrogens with zero attached hydrogens (tertiary/aromatic N) is 2. The minimum absolute atomic E-state index is 0. The average molecular weight is 312 g/mol. The maximum atomic E-state index is 12.2. The number of amides is 2. The van der Waals surface area contributed by atoms with E-state index in [2.05, 4.69) is 5.32 Å². The van der Waals surface area contributed by atoms with Crippen molar-refractivity contribution < 1.29 is 9.59 Å². The quantitative estimate of drug-likeness (QED) is 0.919. The van der Waals surface area contributed by atoms with Crippen LogP contribution >= 0.6 is 12.4 Å². The number of carbonyl (C=O) groups is 2. The molecule has 1 N–H and O–H groups in total. The molecule has 1 aromatic rings. The molecule has 0 bridgehead atoms. The van der Waals surface area contributed by atoms with Crippen LogP contribution in [0.5, 0.6) is 0 Å². The zero-order chi connectivity index (χ0) is 14.5. The average Bonchev–Trinajstić information content (AvgIpc) is 2.94. The number of hydrogen-bond acceptors (Lipinski definition) is 3. The van der Waals surface area contributed by atoms with Crippen molar-refractivity contribution in [3.63, 3.8) is 0 Å². The Balaban J connectivity index is 0.00000220. The maximum Gasteiger partial charge on any atom is 0.244 e. The molecule has 5 nitrogen and oxygen atoms in total. The number of hydrogen-bond donors (Lipinski definition) is 1. The Morgan fingerprint density at radius 3 is 2.57 bits per heavy atom. The zero-order valence-electron chi connectivity index (χ0n) is 12.4. The smallest absolute Gasteiger partial charge is 0.244 e. The summed E-state index contributed by atoms with van der Waals surface area (Å²) in [6.07, 6.45) is 1.65. The molecule has 2 amide bonds. The summed E-state index contributed by atoms with van der Waals surface area (Å²) < 4.78 is 0. The van der Waals surface area contributed by atoms with Crippen LogP contribution in [0.2, 0.25) is 0 Å². The fourth-order valence-corrected chi connectivity index (χ4v) is 2.46. The summed E-state index contributed by atoms with van der Waals surface area (Å²) in [4.78, 5) is 27.5. The number of nitrogens with one attached hydrogen (secondary N) is 1. The number of benzene rings is 1. The second-order valence-corrected chi connectivity index (χ2v) is 5.20. The summed E-state index contributed by atoms with van der Waals surface area (Å²) in [6, 6.07) is 9.30. The maximum absolute atomic E-state index is 12.2. The van der Waals surface area contributed by atoms with E-state index in [1.165, 1.54) is 0 Å². The van der Waals surface area contributed by atoms with Gasteiger partial charge in [-0.15, -0.1) is 12.4 Å². The van der Waals surface area contributed by atoms with E-state index in [9.17, 15) is 9.59 Å². The van der Waals surface area contributed by atoms with Gasteiger partial charge >= 0.3 is 0 Å². The molecule has 1 atom stereocenters. The minimum atomic E-state index is -0.296. The molecule has 1 unspecified atom stereocenters. The highest BCUT2D eigenvalue weighted by atomic mass is 35.5. The minimum Gasteiger partial charge on any atom is -0.376 e. The van der Waals surface area contributed by atoms with Crippen molar-refractivity contribution in [1.29, 1.82) is 0 Å². The predicted molar refractivity (Wildman–Crippen MR) is 85.6 cm³/mol. The summed E-state index contributed by atoms with van der Waals surface area (Å²) >= 11 is 0. The Morgan fingerprint density at radius 2 is 1.95 bits per heavy atom. The first-order chi connectivity index (χ1) is 9.59. The summed E-state index contributed by atoms with van der Waals surface area (Å²) in [7, 11) is 3.46. The van der Waals surface area contributed by atoms with Crippen molar-refractivity contribution in [1.82, 2.24) is 9.80 Å². The van der Waals surface area contributed by atoms with E-state index >= 15 is 0 Å². The van der Waals surface area contributed by atoms with Gasteiger partial charge in [0.2, 0.25) is 11.8 Å². The van der Waals surface area contributed by atoms with Gasteiger partial charge in [0.25, 0.3) is 0 Å². The Kier molecular flexibility index (Phi) is 6.49. The van der Waals surface area contributed by atoms with Crippen LogP contribution in [0.25, 0.3) is 0 Å². The van der Waals surface area contributed by atoms with Gasteiger partial charge in [0.05, 0.1) is 6.54 Å². The molecule has 1 aromatic carbocycles. The molecule has 0 saturated carbocycles. The van der Waals surface area contributed by atoms with E-state index in [0.717, 1.165) is 18.5 Å². The highest BCUT2D eigenvalue weighted by Gasteiger charge is 2.34. The first-order valence-corrected chi connectivity index (χ1v) is 6.89. The van der Waals surface area contributed by atoms with Gasteiger partial charge in [0, 0.05) is 26.3 Å². The van der Waals surface area contributed by atoms with Gasteiger partial charge in [0.15, 0.2) is 0 Å². The third-order valence-electron chi connectivity index (χ3n) is 3.52. The molecule has 0 radical (unpaired) electrons. The largest absolute Gasteiger partial charge is 0.376 e. The first kappa shape index (κ1) is 17.3. The molecule has 0 aliphatic carbocycles. The lowest BCUT2D eigenvalue weighted by molar-refractivity contribution is -0.141. The molecule has 2 rings (SSSR count). The second kappa shape index (κ2) is 7.88. The van der Waals surface area contributed by atoms with Gasteiger partial charge in [-0.2, -0.15) is 0 Å². The molecule has 0 spiro atoms. The van der Waals surface area contributed by atoms with Crippen molar-refractivity contribution >= 4 is 29.9 Å². The van der Waals surface area contributed by atoms with E-state index in [-0.39, 0.29) is 36.8 Å². The molecule has 116 valence electrons. The van der Waals surface area contributed by atoms with Gasteiger partial charge in [-0.3, -0.25) is 9.59 Å². The number of carbonyl (C=O) groups excluding carboxylic acids is 2. The van der Waals surface area contributed by atoms with Crippen LogP contribution in [-0.4, -0.2) is 54.8 Å². The van der Waals surface area contributed by atoms with Crippen molar-refractivity contribution in [2.24, 2.45) is 0 Å². The van der Waals surface area contributed by atoms with Crippen molar-refractivity contribution in [2.45, 2.75) is 18.9 Å². The van der Waals surface area contributed by atoms with Gasteiger partial charge in [-0.1, -0.05) is 18.2 Å². The number of likely N-dealkylation sites (tertiary alicyclic amines) is 1. The normalized spacial score (nSPS) is 17.0. The fourth-order valence-electron chi connectivity index (χ4n) is 2.46. The molecular weight excluding hydrogens is 290 g/mol. The van der Waals surface area contributed by atoms with Gasteiger partial charge < -0.3 is 15.1 Å². The Morgan fingerprint density at radius 1 is 1.29 bits per heavy atom. The van der Waals surface area contributed by atoms with Crippen LogP contribution in [0.3, 0.4) is 0 Å². The second-order valence-electron chi connectivity index (χ2n) is 5.20. The van der Waals surface area contributed by atoms with Gasteiger partial charge in [0.1, 0.15) is 6.04 Å². The Bertz CT molecular complexity index is 479. The zero-order valence-corrected chi connectivity index (χ0v) is 13.2. The molecule has 0 aromatic heterocycles. The number of anilines is 1. The summed E-state index contributed by atoms with van der Waals surface area (Å²) in [6.45, 7) is 0.890. The number of halogens is 1. The van der Waals surface area contributed by atoms with Gasteiger partial charge in [-0.25, -0.2) is 0 Å². The molecule has 6 heteroatoms. The van der Waals surface area contributed by atoms with E-state index in [0.29, 0.717) is 6.54 Å². The predicted octanol–water partition coefficient (Wildman–Crippen LogP) is 1.60. The van der Waals surface area contributed by atoms with E-state index in [1.807, 2.05) is 30.3 Å². The SMILES string of the molecule is CN(C)C(=O)C1CCCN1C(=O)CNc1ccccc1.Cl. The van der Waals surface area contributed by atoms with Crippen molar-refractivity contribution in [3.8, 4) is 0 Å². The lowest BCUT2D eigenvalue weighted by Crippen LogP contribution is -2.47. The van der Waals surface area contributed by atoms with Crippen molar-refractivity contribution in [2.75, 3.05) is 32.5 Å². The molecule has 1 fully saturated rings. The highest BCUT2D eigenvalue weighted by Crippen LogP contribution is 2.19. The summed E-state index contributed by atoms with van der Waals surface area (Å²) in [5.74, 6) is -0.0119. The Hall–Kier alpha value is -1.75. The number of para-hydroxylation sites is 1. The van der Waals surface area contributed by atoms with Crippen LogP contribution in [0.4, 0.5) is 5.69 Å². The van der Waals surface area contributed by atoms with Gasteiger partial charge in [-0.05, 0) is 25.0 Å². The molecule has 1 heterocycles. The van der Waals surface area contributed by atoms with E-state index < -0.39 is 0 Å². The molecule has 21 heavy (non-hydrogen) atoms. The fraction of sp³-hybridized carbons (Fsp3) is 0.467. The highest BCUT2D eigenvalue weighted by molar-refractivity contribution is 5.89. The van der Waals surface area contributed by atoms with Crippen molar-refractivity contribution in [3.05, 3.63) is 30.3 Å². The van der Waals surface area contributed by atoms with Crippen LogP contribution in [-0.2, 0) is 9.59 Å². The molecule has 1 aliphatic rings. The first-order valence-electron chi connectivity index (χ1n) is 6.89. The van der Waals surface area contributed by atoms with Crippen LogP contribution in [0, 0.1) is 0 Å². The molecular formula is C15H22ClN3O2. The third-order valence-corrected chi connectivity index (χ3v) is 3.52. The van der Waals surface area contributed by atoms with E-state index in [4.69, 9.17) is 0 Å².